The Hall–Kier alpha value is -2.88. The van der Waals surface area contributed by atoms with Crippen molar-refractivity contribution in [1.82, 2.24) is 9.97 Å². The van der Waals surface area contributed by atoms with E-state index in [0.29, 0.717) is 0 Å². The van der Waals surface area contributed by atoms with Gasteiger partial charge in [0.1, 0.15) is 0 Å². The number of nitrogens with zero attached hydrogens (tertiary/aromatic N) is 2. The van der Waals surface area contributed by atoms with Crippen molar-refractivity contribution in [1.29, 1.82) is 0 Å². The van der Waals surface area contributed by atoms with Crippen molar-refractivity contribution in [3.05, 3.63) is 76.4 Å². The molecular formula is C20H22N4. The molecule has 2 heterocycles. The number of hydrogen-bond donors (Lipinski definition) is 2. The van der Waals surface area contributed by atoms with Gasteiger partial charge in [-0.2, -0.15) is 0 Å². The molecule has 24 heavy (non-hydrogen) atoms. The second kappa shape index (κ2) is 7.13. The third kappa shape index (κ3) is 3.71. The van der Waals surface area contributed by atoms with Gasteiger partial charge in [0.2, 0.25) is 0 Å². The Morgan fingerprint density at radius 2 is 1.42 bits per heavy atom. The zero-order chi connectivity index (χ0) is 16.9. The molecule has 2 N–H and O–H groups in total. The van der Waals surface area contributed by atoms with E-state index in [4.69, 9.17) is 0 Å². The van der Waals surface area contributed by atoms with Crippen LogP contribution in [-0.4, -0.2) is 29.4 Å². The molecule has 3 aromatic rings. The summed E-state index contributed by atoms with van der Waals surface area (Å²) in [5.74, 6) is 0. The minimum Gasteiger partial charge on any atom is -0.357 e. The fraction of sp³-hybridized carbons (Fsp3) is 0.200. The van der Waals surface area contributed by atoms with E-state index in [-0.39, 0.29) is 0 Å². The minimum absolute atomic E-state index is 0.828. The number of hydrogen-bond acceptors (Lipinski definition) is 2. The number of nitrogens with one attached hydrogen (secondary N) is 2. The molecular weight excluding hydrogens is 296 g/mol. The zero-order valence-electron chi connectivity index (χ0n) is 14.3. The van der Waals surface area contributed by atoms with Crippen LogP contribution < -0.4 is 0 Å². The van der Waals surface area contributed by atoms with Gasteiger partial charge in [-0.1, -0.05) is 18.2 Å². The zero-order valence-corrected chi connectivity index (χ0v) is 14.3. The molecule has 122 valence electrons. The van der Waals surface area contributed by atoms with Gasteiger partial charge in [-0.05, 0) is 49.2 Å². The molecule has 0 aliphatic rings. The number of benzene rings is 1. The maximum Gasteiger partial charge on any atom is 0.0688 e. The summed E-state index contributed by atoms with van der Waals surface area (Å²) < 4.78 is 0. The number of para-hydroxylation sites is 1. The third-order valence-electron chi connectivity index (χ3n) is 3.96. The summed E-state index contributed by atoms with van der Waals surface area (Å²) >= 11 is 0. The quantitative estimate of drug-likeness (QED) is 0.657. The van der Waals surface area contributed by atoms with Gasteiger partial charge < -0.3 is 9.97 Å². The number of aliphatic imine (C=N–C) groups is 2. The summed E-state index contributed by atoms with van der Waals surface area (Å²) in [5, 5.41) is 0. The van der Waals surface area contributed by atoms with E-state index in [1.807, 2.05) is 18.5 Å². The molecule has 0 fully saturated rings. The molecule has 0 bridgehead atoms. The second-order valence-corrected chi connectivity index (χ2v) is 5.94. The van der Waals surface area contributed by atoms with Crippen molar-refractivity contribution in [2.24, 2.45) is 9.98 Å². The third-order valence-corrected chi connectivity index (χ3v) is 3.96. The lowest BCUT2D eigenvalue weighted by atomic mass is 10.1. The van der Waals surface area contributed by atoms with Crippen LogP contribution in [-0.2, 0) is 6.42 Å². The van der Waals surface area contributed by atoms with E-state index in [0.717, 1.165) is 34.9 Å². The number of rotatable bonds is 5. The Bertz CT molecular complexity index is 860. The molecule has 0 aliphatic heterocycles. The summed E-state index contributed by atoms with van der Waals surface area (Å²) in [7, 11) is 1.77. The molecule has 1 aromatic carbocycles. The molecule has 0 saturated heterocycles. The van der Waals surface area contributed by atoms with E-state index in [2.05, 4.69) is 70.2 Å². The lowest BCUT2D eigenvalue weighted by Crippen LogP contribution is -1.91. The van der Waals surface area contributed by atoms with Crippen LogP contribution >= 0.6 is 0 Å². The molecule has 0 saturated carbocycles. The van der Waals surface area contributed by atoms with Crippen LogP contribution in [0.3, 0.4) is 0 Å². The van der Waals surface area contributed by atoms with E-state index in [1.54, 1.807) is 7.05 Å². The van der Waals surface area contributed by atoms with Crippen LogP contribution in [0, 0.1) is 13.8 Å². The number of aromatic nitrogens is 2. The molecule has 3 rings (SSSR count). The predicted octanol–water partition coefficient (Wildman–Crippen LogP) is 4.35. The van der Waals surface area contributed by atoms with E-state index >= 15 is 0 Å². The van der Waals surface area contributed by atoms with Gasteiger partial charge in [-0.15, -0.1) is 0 Å². The number of aromatic amines is 2. The lowest BCUT2D eigenvalue weighted by molar-refractivity contribution is 1.05. The fourth-order valence-corrected chi connectivity index (χ4v) is 2.76. The van der Waals surface area contributed by atoms with Gasteiger partial charge in [0.15, 0.2) is 0 Å². The average Bonchev–Trinajstić information content (AvgIpc) is 3.17. The molecule has 0 unspecified atom stereocenters. The van der Waals surface area contributed by atoms with Crippen LogP contribution in [0.5, 0.6) is 0 Å². The molecule has 0 radical (unpaired) electrons. The summed E-state index contributed by atoms with van der Waals surface area (Å²) in [5.41, 5.74) is 7.76. The molecule has 2 aromatic heterocycles. The Morgan fingerprint density at radius 1 is 0.833 bits per heavy atom. The Balaban J connectivity index is 1.72. The van der Waals surface area contributed by atoms with Gasteiger partial charge in [0.05, 0.1) is 23.3 Å². The first kappa shape index (κ1) is 16.0. The first-order valence-corrected chi connectivity index (χ1v) is 8.04. The van der Waals surface area contributed by atoms with Gasteiger partial charge in [0, 0.05) is 31.1 Å². The summed E-state index contributed by atoms with van der Waals surface area (Å²) in [6.07, 6.45) is 4.54. The van der Waals surface area contributed by atoms with Crippen molar-refractivity contribution < 1.29 is 0 Å². The highest BCUT2D eigenvalue weighted by Crippen LogP contribution is 2.22. The molecule has 0 spiro atoms. The number of aryl methyl sites for hydroxylation is 2. The Morgan fingerprint density at radius 3 is 2.00 bits per heavy atom. The van der Waals surface area contributed by atoms with Crippen molar-refractivity contribution in [2.45, 2.75) is 20.3 Å². The highest BCUT2D eigenvalue weighted by atomic mass is 14.8. The number of H-pyrrole nitrogens is 2. The van der Waals surface area contributed by atoms with Crippen LogP contribution in [0.15, 0.2) is 52.4 Å². The maximum atomic E-state index is 4.64. The van der Waals surface area contributed by atoms with Crippen LogP contribution in [0.2, 0.25) is 0 Å². The van der Waals surface area contributed by atoms with Crippen molar-refractivity contribution in [3.8, 4) is 0 Å². The van der Waals surface area contributed by atoms with Gasteiger partial charge in [0.25, 0.3) is 0 Å². The van der Waals surface area contributed by atoms with Crippen molar-refractivity contribution >= 4 is 18.1 Å². The first-order valence-electron chi connectivity index (χ1n) is 8.04. The van der Waals surface area contributed by atoms with Crippen LogP contribution in [0.25, 0.3) is 0 Å². The maximum absolute atomic E-state index is 4.64. The minimum atomic E-state index is 0.828. The van der Waals surface area contributed by atoms with Crippen LogP contribution in [0.4, 0.5) is 5.69 Å². The summed E-state index contributed by atoms with van der Waals surface area (Å²) in [6, 6.07) is 14.5. The topological polar surface area (TPSA) is 56.3 Å². The Labute approximate surface area is 142 Å². The van der Waals surface area contributed by atoms with Crippen molar-refractivity contribution in [3.63, 3.8) is 0 Å². The van der Waals surface area contributed by atoms with Crippen molar-refractivity contribution in [2.75, 3.05) is 7.05 Å². The molecule has 0 amide bonds. The molecule has 4 heteroatoms. The van der Waals surface area contributed by atoms with Gasteiger partial charge in [-0.25, -0.2) is 0 Å². The van der Waals surface area contributed by atoms with Gasteiger partial charge in [-0.3, -0.25) is 9.98 Å². The molecule has 4 nitrogen and oxygen atoms in total. The smallest absolute Gasteiger partial charge is 0.0688 e. The first-order chi connectivity index (χ1) is 11.7. The average molecular weight is 318 g/mol. The highest BCUT2D eigenvalue weighted by molar-refractivity contribution is 5.81. The largest absolute Gasteiger partial charge is 0.357 e. The monoisotopic (exact) mass is 318 g/mol. The summed E-state index contributed by atoms with van der Waals surface area (Å²) in [4.78, 5) is 15.4. The SMILES string of the molecule is CN=Cc1ccc(Cc2ccc(C=Nc3c(C)cccc3C)[nH]2)[nH]1. The summed E-state index contributed by atoms with van der Waals surface area (Å²) in [6.45, 7) is 4.17. The highest BCUT2D eigenvalue weighted by Gasteiger charge is 2.03. The van der Waals surface area contributed by atoms with E-state index < -0.39 is 0 Å². The standard InChI is InChI=1S/C20H22N4/c1-14-5-4-6-15(2)20(14)22-13-19-10-8-17(24-19)11-16-7-9-18(23-16)12-21-3/h4-10,12-13,23-24H,11H2,1-3H3. The van der Waals surface area contributed by atoms with E-state index in [9.17, 15) is 0 Å². The lowest BCUT2D eigenvalue weighted by Gasteiger charge is -2.02. The second-order valence-electron chi connectivity index (χ2n) is 5.94. The van der Waals surface area contributed by atoms with Gasteiger partial charge >= 0.3 is 0 Å². The van der Waals surface area contributed by atoms with E-state index in [1.165, 1.54) is 11.1 Å². The predicted molar refractivity (Wildman–Crippen MR) is 101 cm³/mol. The molecule has 0 aliphatic carbocycles. The van der Waals surface area contributed by atoms with Crippen LogP contribution in [0.1, 0.15) is 33.9 Å². The Kier molecular flexibility index (Phi) is 4.75. The fourth-order valence-electron chi connectivity index (χ4n) is 2.76. The normalized spacial score (nSPS) is 11.8. The molecule has 0 atom stereocenters.